The maximum Gasteiger partial charge on any atom is 0.0171 e. The van der Waals surface area contributed by atoms with Crippen molar-refractivity contribution in [3.63, 3.8) is 0 Å². The summed E-state index contributed by atoms with van der Waals surface area (Å²) in [6, 6.07) is 1.62. The van der Waals surface area contributed by atoms with E-state index in [0.717, 1.165) is 0 Å². The fourth-order valence-corrected chi connectivity index (χ4v) is 3.31. The number of hydrogen-bond acceptors (Lipinski definition) is 0. The predicted octanol–water partition coefficient (Wildman–Crippen LogP) is 0.905. The fourth-order valence-electron chi connectivity index (χ4n) is 0.979. The van der Waals surface area contributed by atoms with E-state index in [-0.39, 0.29) is 59.7 Å². The van der Waals surface area contributed by atoms with E-state index >= 15 is 0 Å². The molecular formula is C7H20KSi2. The normalized spacial score (nSPS) is 12.6. The summed E-state index contributed by atoms with van der Waals surface area (Å²) < 4.78 is 0. The van der Waals surface area contributed by atoms with Gasteiger partial charge in [0.25, 0.3) is 0 Å². The zero-order valence-corrected chi connectivity index (χ0v) is 14.4. The molecule has 10 heavy (non-hydrogen) atoms. The summed E-state index contributed by atoms with van der Waals surface area (Å²) in [5, 5.41) is 0. The van der Waals surface area contributed by atoms with Crippen molar-refractivity contribution >= 4 is 69.5 Å². The van der Waals surface area contributed by atoms with Crippen LogP contribution in [0, 0.1) is 0 Å². The maximum atomic E-state index is 2.50. The van der Waals surface area contributed by atoms with Crippen LogP contribution in [0.2, 0.25) is 12.6 Å². The van der Waals surface area contributed by atoms with E-state index in [2.05, 4.69) is 13.5 Å². The van der Waals surface area contributed by atoms with E-state index in [1.807, 2.05) is 0 Å². The third kappa shape index (κ3) is 12.7. The zero-order valence-electron chi connectivity index (χ0n) is 8.11. The number of rotatable bonds is 5. The zero-order chi connectivity index (χ0) is 7.11. The monoisotopic (exact) mass is 199 g/mol. The van der Waals surface area contributed by atoms with E-state index in [1.165, 1.54) is 35.4 Å². The van der Waals surface area contributed by atoms with E-state index < -0.39 is 0 Å². The van der Waals surface area contributed by atoms with Gasteiger partial charge in [-0.25, -0.2) is 0 Å². The average molecular weight is 200 g/mol. The van der Waals surface area contributed by atoms with Gasteiger partial charge >= 0.3 is 0 Å². The quantitative estimate of drug-likeness (QED) is 0.456. The summed E-state index contributed by atoms with van der Waals surface area (Å²) in [6.07, 6.45) is 5.88. The van der Waals surface area contributed by atoms with Gasteiger partial charge in [-0.05, 0) is 9.76 Å². The molecule has 0 aromatic rings. The second-order valence-corrected chi connectivity index (χ2v) is 12.5. The van der Waals surface area contributed by atoms with E-state index in [0.29, 0.717) is 0 Å². The second kappa shape index (κ2) is 11.1. The molecule has 0 aliphatic rings. The minimum atomic E-state index is -0.0743. The van der Waals surface area contributed by atoms with Crippen LogP contribution in [0.4, 0.5) is 0 Å². The first-order valence-corrected chi connectivity index (χ1v) is 10.9. The molecule has 1 atom stereocenters. The largest absolute Gasteiger partial charge is 0.0746 e. The molecule has 0 spiro atoms. The van der Waals surface area contributed by atoms with Gasteiger partial charge in [0, 0.05) is 59.7 Å². The van der Waals surface area contributed by atoms with Crippen LogP contribution in [0.25, 0.3) is 0 Å². The van der Waals surface area contributed by atoms with Crippen molar-refractivity contribution in [1.82, 2.24) is 0 Å². The van der Waals surface area contributed by atoms with E-state index in [1.54, 1.807) is 6.04 Å². The first-order chi connectivity index (χ1) is 4.27. The minimum Gasteiger partial charge on any atom is -0.0746 e. The Bertz CT molecular complexity index is 57.6. The summed E-state index contributed by atoms with van der Waals surface area (Å²) in [5.74, 6) is 0. The van der Waals surface area contributed by atoms with E-state index in [9.17, 15) is 0 Å². The van der Waals surface area contributed by atoms with Crippen LogP contribution in [0.3, 0.4) is 0 Å². The average Bonchev–Trinajstić information content (AvgIpc) is 1.80. The molecule has 0 aromatic heterocycles. The Morgan fingerprint density at radius 3 is 2.20 bits per heavy atom. The molecule has 0 bridgehead atoms. The van der Waals surface area contributed by atoms with Crippen molar-refractivity contribution in [3.8, 4) is 0 Å². The Labute approximate surface area is 113 Å². The molecule has 0 fully saturated rings. The molecule has 3 heteroatoms. The Morgan fingerprint density at radius 2 is 1.80 bits per heavy atom. The van der Waals surface area contributed by atoms with Crippen molar-refractivity contribution < 1.29 is 0 Å². The van der Waals surface area contributed by atoms with Crippen LogP contribution in [0.1, 0.15) is 32.6 Å². The van der Waals surface area contributed by atoms with Crippen molar-refractivity contribution in [2.45, 2.75) is 45.2 Å². The molecule has 0 heterocycles. The summed E-state index contributed by atoms with van der Waals surface area (Å²) in [5.41, 5.74) is 0. The van der Waals surface area contributed by atoms with Crippen molar-refractivity contribution in [3.05, 3.63) is 0 Å². The Morgan fingerprint density at radius 1 is 1.20 bits per heavy atom. The van der Waals surface area contributed by atoms with Gasteiger partial charge in [0.05, 0.1) is 0 Å². The van der Waals surface area contributed by atoms with Crippen LogP contribution in [0.15, 0.2) is 0 Å². The third-order valence-corrected chi connectivity index (χ3v) is 4.93. The van der Waals surface area contributed by atoms with Crippen molar-refractivity contribution in [1.29, 1.82) is 0 Å². The number of hydrogen-bond donors (Lipinski definition) is 0. The minimum absolute atomic E-state index is 0. The molecule has 57 valence electrons. The van der Waals surface area contributed by atoms with Gasteiger partial charge < -0.3 is 0 Å². The van der Waals surface area contributed by atoms with Crippen LogP contribution in [0.5, 0.6) is 0 Å². The van der Waals surface area contributed by atoms with Gasteiger partial charge in [0.15, 0.2) is 0 Å². The van der Waals surface area contributed by atoms with Gasteiger partial charge in [-0.2, -0.15) is 0 Å². The molecule has 0 aliphatic heterocycles. The van der Waals surface area contributed by atoms with Crippen LogP contribution in [-0.4, -0.2) is 69.5 Å². The van der Waals surface area contributed by atoms with Crippen LogP contribution < -0.4 is 0 Å². The molecule has 0 N–H and O–H groups in total. The molecule has 0 saturated carbocycles. The first-order valence-electron chi connectivity index (χ1n) is 4.27. The van der Waals surface area contributed by atoms with Gasteiger partial charge in [-0.3, -0.25) is 0 Å². The van der Waals surface area contributed by atoms with Gasteiger partial charge in [-0.1, -0.05) is 45.2 Å². The van der Waals surface area contributed by atoms with Crippen molar-refractivity contribution in [2.24, 2.45) is 0 Å². The van der Waals surface area contributed by atoms with Crippen molar-refractivity contribution in [2.75, 3.05) is 0 Å². The molecule has 0 aliphatic carbocycles. The van der Waals surface area contributed by atoms with E-state index in [4.69, 9.17) is 0 Å². The fraction of sp³-hybridized carbons (Fsp3) is 1.00. The standard InChI is InChI=1S/C7H20Si2.K/c1-3-4-5-6-7-9(2)8;/h9H,3-7H2,1-2,8H3;. The molecule has 0 aromatic carbocycles. The molecule has 1 radical (unpaired) electrons. The summed E-state index contributed by atoms with van der Waals surface area (Å²) in [7, 11) is 1.45. The second-order valence-electron chi connectivity index (χ2n) is 3.24. The number of unbranched alkanes of at least 4 members (excludes halogenated alkanes) is 3. The molecule has 0 saturated heterocycles. The molecule has 1 unspecified atom stereocenters. The first kappa shape index (κ1) is 14.6. The molecule has 0 rings (SSSR count). The molecule has 0 nitrogen and oxygen atoms in total. The smallest absolute Gasteiger partial charge is 0.0171 e. The third-order valence-electron chi connectivity index (χ3n) is 1.64. The molecular weight excluding hydrogens is 179 g/mol. The Kier molecular flexibility index (Phi) is 16.1. The van der Waals surface area contributed by atoms with Gasteiger partial charge in [0.2, 0.25) is 0 Å². The SMILES string of the molecule is CCCCCC[SiH](C)[SiH3].[K]. The summed E-state index contributed by atoms with van der Waals surface area (Å²) in [6.45, 7) is 4.78. The van der Waals surface area contributed by atoms with Crippen LogP contribution in [-0.2, 0) is 0 Å². The van der Waals surface area contributed by atoms with Crippen LogP contribution >= 0.6 is 0 Å². The van der Waals surface area contributed by atoms with Gasteiger partial charge in [-0.15, -0.1) is 0 Å². The summed E-state index contributed by atoms with van der Waals surface area (Å²) in [4.78, 5) is 0. The maximum absolute atomic E-state index is 2.50. The summed E-state index contributed by atoms with van der Waals surface area (Å²) >= 11 is 0. The Hall–Kier alpha value is 2.07. The Balaban J connectivity index is 0. The van der Waals surface area contributed by atoms with Gasteiger partial charge in [0.1, 0.15) is 0 Å². The predicted molar refractivity (Wildman–Crippen MR) is 57.7 cm³/mol. The topological polar surface area (TPSA) is 0 Å². The molecule has 0 amide bonds.